The highest BCUT2D eigenvalue weighted by Gasteiger charge is 2.41. The van der Waals surface area contributed by atoms with Gasteiger partial charge in [-0.25, -0.2) is 4.39 Å². The van der Waals surface area contributed by atoms with E-state index in [1.807, 2.05) is 0 Å². The van der Waals surface area contributed by atoms with Crippen molar-refractivity contribution < 1.29 is 22.3 Å². The number of halogens is 4. The molecule has 0 radical (unpaired) electrons. The molecule has 1 nitrogen and oxygen atoms in total. The first-order valence-electron chi connectivity index (χ1n) is 12.2. The summed E-state index contributed by atoms with van der Waals surface area (Å²) in [6, 6.07) is 1.62. The first kappa shape index (κ1) is 24.4. The minimum absolute atomic E-state index is 0.133. The van der Waals surface area contributed by atoms with Crippen molar-refractivity contribution in [1.29, 1.82) is 0 Å². The third kappa shape index (κ3) is 6.16. The minimum atomic E-state index is -4.76. The van der Waals surface area contributed by atoms with E-state index in [-0.39, 0.29) is 29.8 Å². The number of rotatable bonds is 7. The van der Waals surface area contributed by atoms with E-state index in [0.29, 0.717) is 17.4 Å². The van der Waals surface area contributed by atoms with Gasteiger partial charge in [0.25, 0.3) is 0 Å². The van der Waals surface area contributed by atoms with E-state index in [2.05, 4.69) is 13.8 Å². The summed E-state index contributed by atoms with van der Waals surface area (Å²) < 4.78 is 62.8. The van der Waals surface area contributed by atoms with Crippen LogP contribution in [0.2, 0.25) is 0 Å². The third-order valence-electron chi connectivity index (χ3n) is 7.56. The zero-order valence-corrected chi connectivity index (χ0v) is 19.3. The van der Waals surface area contributed by atoms with Crippen LogP contribution in [0.4, 0.5) is 17.6 Å². The fourth-order valence-corrected chi connectivity index (χ4v) is 5.49. The van der Waals surface area contributed by atoms with Gasteiger partial charge in [-0.2, -0.15) is 13.2 Å². The first-order valence-corrected chi connectivity index (χ1v) is 12.2. The molecular weight excluding hydrogens is 404 g/mol. The highest BCUT2D eigenvalue weighted by atomic mass is 19.4. The van der Waals surface area contributed by atoms with E-state index >= 15 is 4.39 Å². The fraction of sp³-hybridized carbons (Fsp3) is 0.769. The van der Waals surface area contributed by atoms with E-state index in [0.717, 1.165) is 57.8 Å². The van der Waals surface area contributed by atoms with Gasteiger partial charge in [-0.3, -0.25) is 0 Å². The number of hydrogen-bond acceptors (Lipinski definition) is 1. The summed E-state index contributed by atoms with van der Waals surface area (Å²) in [5.41, 5.74) is -0.557. The van der Waals surface area contributed by atoms with Gasteiger partial charge in [-0.1, -0.05) is 46.0 Å². The van der Waals surface area contributed by atoms with Crippen LogP contribution >= 0.6 is 0 Å². The van der Waals surface area contributed by atoms with Crippen LogP contribution in [0, 0.1) is 30.5 Å². The highest BCUT2D eigenvalue weighted by Crippen LogP contribution is 2.46. The van der Waals surface area contributed by atoms with Crippen LogP contribution in [0.25, 0.3) is 0 Å². The molecule has 2 fully saturated rings. The van der Waals surface area contributed by atoms with Crippen molar-refractivity contribution in [2.75, 3.05) is 6.61 Å². The van der Waals surface area contributed by atoms with Gasteiger partial charge in [-0.15, -0.1) is 0 Å². The summed E-state index contributed by atoms with van der Waals surface area (Å²) >= 11 is 0. The number of hydrogen-bond donors (Lipinski definition) is 0. The lowest BCUT2D eigenvalue weighted by Crippen LogP contribution is -2.22. The summed E-state index contributed by atoms with van der Waals surface area (Å²) in [5.74, 6) is -0.00321. The molecule has 0 atom stereocenters. The molecule has 0 saturated heterocycles. The molecule has 5 heteroatoms. The molecule has 2 aliphatic carbocycles. The molecule has 0 spiro atoms. The Morgan fingerprint density at radius 1 is 0.968 bits per heavy atom. The van der Waals surface area contributed by atoms with Crippen LogP contribution in [-0.4, -0.2) is 6.61 Å². The molecule has 1 aromatic rings. The maximum atomic E-state index is 15.3. The van der Waals surface area contributed by atoms with Crippen molar-refractivity contribution >= 4 is 0 Å². The van der Waals surface area contributed by atoms with E-state index < -0.39 is 17.6 Å². The molecule has 0 amide bonds. The van der Waals surface area contributed by atoms with Gasteiger partial charge < -0.3 is 4.74 Å². The van der Waals surface area contributed by atoms with Crippen molar-refractivity contribution in [3.8, 4) is 5.75 Å². The monoisotopic (exact) mass is 442 g/mol. The van der Waals surface area contributed by atoms with Crippen LogP contribution in [0.15, 0.2) is 6.07 Å². The van der Waals surface area contributed by atoms with Crippen molar-refractivity contribution in [3.63, 3.8) is 0 Å². The molecule has 0 N–H and O–H groups in total. The first-order chi connectivity index (χ1) is 14.7. The number of alkyl halides is 3. The highest BCUT2D eigenvalue weighted by molar-refractivity contribution is 5.48. The molecule has 176 valence electrons. The Kier molecular flexibility index (Phi) is 8.31. The van der Waals surface area contributed by atoms with Gasteiger partial charge in [0.15, 0.2) is 0 Å². The Morgan fingerprint density at radius 2 is 1.58 bits per heavy atom. The lowest BCUT2D eigenvalue weighted by Gasteiger charge is -2.31. The molecule has 1 aromatic carbocycles. The fourth-order valence-electron chi connectivity index (χ4n) is 5.49. The van der Waals surface area contributed by atoms with Crippen LogP contribution < -0.4 is 4.74 Å². The van der Waals surface area contributed by atoms with Crippen LogP contribution in [-0.2, 0) is 6.18 Å². The van der Waals surface area contributed by atoms with Gasteiger partial charge in [0.2, 0.25) is 0 Å². The minimum Gasteiger partial charge on any atom is -0.492 e. The van der Waals surface area contributed by atoms with Gasteiger partial charge in [-0.05, 0) is 86.3 Å². The lowest BCUT2D eigenvalue weighted by molar-refractivity contribution is -0.141. The van der Waals surface area contributed by atoms with E-state index in [1.165, 1.54) is 12.8 Å². The predicted octanol–water partition coefficient (Wildman–Crippen LogP) is 8.82. The molecule has 31 heavy (non-hydrogen) atoms. The van der Waals surface area contributed by atoms with Crippen molar-refractivity contribution in [2.45, 2.75) is 103 Å². The number of aryl methyl sites for hydroxylation is 1. The van der Waals surface area contributed by atoms with Crippen molar-refractivity contribution in [2.24, 2.45) is 17.8 Å². The standard InChI is InChI=1S/C26H38F4O/c1-4-5-6-19-11-13-21(14-12-19)22-15-18(3)25(23(24(22)27)26(28,29)30)31-16-20-9-7-17(2)8-10-20/h15,17,19-21H,4-14,16H2,1-3H3. The van der Waals surface area contributed by atoms with Crippen LogP contribution in [0.5, 0.6) is 5.75 Å². The topological polar surface area (TPSA) is 9.23 Å². The van der Waals surface area contributed by atoms with E-state index in [4.69, 9.17) is 4.74 Å². The Balaban J connectivity index is 1.78. The van der Waals surface area contributed by atoms with Crippen molar-refractivity contribution in [1.82, 2.24) is 0 Å². The van der Waals surface area contributed by atoms with Gasteiger partial charge in [0, 0.05) is 0 Å². The average Bonchev–Trinajstić information content (AvgIpc) is 2.73. The Morgan fingerprint density at radius 3 is 2.16 bits per heavy atom. The summed E-state index contributed by atoms with van der Waals surface area (Å²) in [7, 11) is 0. The molecule has 2 saturated carbocycles. The molecular formula is C26H38F4O. The summed E-state index contributed by atoms with van der Waals surface area (Å²) in [4.78, 5) is 0. The predicted molar refractivity (Wildman–Crippen MR) is 117 cm³/mol. The van der Waals surface area contributed by atoms with E-state index in [9.17, 15) is 13.2 Å². The van der Waals surface area contributed by atoms with Crippen molar-refractivity contribution in [3.05, 3.63) is 28.6 Å². The molecule has 0 aliphatic heterocycles. The smallest absolute Gasteiger partial charge is 0.422 e. The maximum Gasteiger partial charge on any atom is 0.422 e. The second kappa shape index (κ2) is 10.6. The zero-order chi connectivity index (χ0) is 22.6. The van der Waals surface area contributed by atoms with Crippen LogP contribution in [0.1, 0.15) is 107 Å². The molecule has 0 aromatic heterocycles. The third-order valence-corrected chi connectivity index (χ3v) is 7.56. The summed E-state index contributed by atoms with van der Waals surface area (Å²) in [6.45, 7) is 6.23. The Hall–Kier alpha value is -1.26. The van der Waals surface area contributed by atoms with Gasteiger partial charge in [0.05, 0.1) is 6.61 Å². The SMILES string of the molecule is CCCCC1CCC(c2cc(C)c(OCC3CCC(C)CC3)c(C(F)(F)F)c2F)CC1. The summed E-state index contributed by atoms with van der Waals surface area (Å²) in [5, 5.41) is 0. The molecule has 0 heterocycles. The van der Waals surface area contributed by atoms with Gasteiger partial charge >= 0.3 is 6.18 Å². The Bertz CT molecular complexity index is 711. The normalized spacial score (nSPS) is 27.3. The molecule has 0 bridgehead atoms. The molecule has 0 unspecified atom stereocenters. The second-order valence-electron chi connectivity index (χ2n) is 10.1. The second-order valence-corrected chi connectivity index (χ2v) is 10.1. The lowest BCUT2D eigenvalue weighted by atomic mass is 9.76. The maximum absolute atomic E-state index is 15.3. The number of ether oxygens (including phenoxy) is 1. The molecule has 2 aliphatic rings. The Labute approximate surface area is 184 Å². The van der Waals surface area contributed by atoms with Crippen LogP contribution in [0.3, 0.4) is 0 Å². The van der Waals surface area contributed by atoms with E-state index in [1.54, 1.807) is 13.0 Å². The quantitative estimate of drug-likeness (QED) is 0.383. The molecule has 3 rings (SSSR count). The number of benzene rings is 1. The summed E-state index contributed by atoms with van der Waals surface area (Å²) in [6.07, 6.45) is 6.31. The number of unbranched alkanes of at least 4 members (excludes halogenated alkanes) is 1. The van der Waals surface area contributed by atoms with Gasteiger partial charge in [0.1, 0.15) is 17.1 Å². The zero-order valence-electron chi connectivity index (χ0n) is 19.3. The largest absolute Gasteiger partial charge is 0.492 e. The average molecular weight is 443 g/mol.